The highest BCUT2D eigenvalue weighted by atomic mass is 16.5. The summed E-state index contributed by atoms with van der Waals surface area (Å²) in [5.74, 6) is -0.404. The number of aromatic amines is 1. The number of hydrogen-bond donors (Lipinski definition) is 1. The Labute approximate surface area is 110 Å². The third-order valence-corrected chi connectivity index (χ3v) is 3.18. The second kappa shape index (κ2) is 5.83. The molecule has 0 spiro atoms. The van der Waals surface area contributed by atoms with Crippen LogP contribution < -0.4 is 0 Å². The molecule has 7 nitrogen and oxygen atoms in total. The Morgan fingerprint density at radius 2 is 2.21 bits per heavy atom. The van der Waals surface area contributed by atoms with Crippen LogP contribution in [0.3, 0.4) is 0 Å². The van der Waals surface area contributed by atoms with Crippen molar-refractivity contribution < 1.29 is 19.1 Å². The van der Waals surface area contributed by atoms with Crippen molar-refractivity contribution in [1.29, 1.82) is 0 Å². The van der Waals surface area contributed by atoms with Crippen molar-refractivity contribution in [2.75, 3.05) is 27.4 Å². The molecule has 1 N–H and O–H groups in total. The molecule has 7 heteroatoms. The van der Waals surface area contributed by atoms with Crippen LogP contribution in [0.2, 0.25) is 0 Å². The molecule has 0 radical (unpaired) electrons. The van der Waals surface area contributed by atoms with Crippen molar-refractivity contribution in [2.45, 2.75) is 19.4 Å². The summed E-state index contributed by atoms with van der Waals surface area (Å²) in [6.45, 7) is 1.44. The number of nitrogens with zero attached hydrogens (tertiary/aromatic N) is 2. The minimum Gasteiger partial charge on any atom is -0.464 e. The highest BCUT2D eigenvalue weighted by Gasteiger charge is 2.27. The fourth-order valence-electron chi connectivity index (χ4n) is 2.14. The summed E-state index contributed by atoms with van der Waals surface area (Å²) in [6.07, 6.45) is 0.971. The second-order valence-corrected chi connectivity index (χ2v) is 4.33. The topological polar surface area (TPSA) is 84.5 Å². The molecule has 1 amide bonds. The molecule has 2 heterocycles. The molecular formula is C12H17N3O4. The van der Waals surface area contributed by atoms with Crippen molar-refractivity contribution in [1.82, 2.24) is 15.1 Å². The van der Waals surface area contributed by atoms with Gasteiger partial charge >= 0.3 is 5.97 Å². The molecule has 0 aromatic carbocycles. The number of methoxy groups -OCH3 is 2. The van der Waals surface area contributed by atoms with Crippen molar-refractivity contribution in [2.24, 2.45) is 0 Å². The smallest absolute Gasteiger partial charge is 0.358 e. The zero-order valence-corrected chi connectivity index (χ0v) is 11.1. The number of rotatable bonds is 4. The fourth-order valence-corrected chi connectivity index (χ4v) is 2.14. The van der Waals surface area contributed by atoms with Crippen LogP contribution in [0.5, 0.6) is 0 Å². The number of carbonyl (C=O) groups excluding carboxylic acids is 2. The number of hydrogen-bond acceptors (Lipinski definition) is 5. The maximum absolute atomic E-state index is 11.9. The molecule has 1 aliphatic rings. The van der Waals surface area contributed by atoms with Crippen LogP contribution in [0.1, 0.15) is 28.2 Å². The van der Waals surface area contributed by atoms with Gasteiger partial charge in [0.25, 0.3) is 0 Å². The molecule has 104 valence electrons. The highest BCUT2D eigenvalue weighted by Crippen LogP contribution is 2.21. The minimum atomic E-state index is -0.448. The molecule has 1 aromatic heterocycles. The number of amides is 1. The lowest BCUT2D eigenvalue weighted by molar-refractivity contribution is -0.133. The van der Waals surface area contributed by atoms with E-state index in [4.69, 9.17) is 4.74 Å². The largest absolute Gasteiger partial charge is 0.464 e. The number of fused-ring (bicyclic) bond motifs is 1. The molecular weight excluding hydrogens is 250 g/mol. The van der Waals surface area contributed by atoms with Gasteiger partial charge in [-0.1, -0.05) is 0 Å². The normalized spacial score (nSPS) is 14.1. The number of nitrogens with one attached hydrogen (secondary N) is 1. The fraction of sp³-hybridized carbons (Fsp3) is 0.583. The maximum atomic E-state index is 11.9. The molecule has 0 saturated heterocycles. The summed E-state index contributed by atoms with van der Waals surface area (Å²) in [5, 5.41) is 6.77. The number of aromatic nitrogens is 2. The number of ether oxygens (including phenoxy) is 2. The van der Waals surface area contributed by atoms with Crippen LogP contribution in [-0.4, -0.2) is 54.3 Å². The quantitative estimate of drug-likeness (QED) is 0.783. The number of esters is 1. The molecule has 0 saturated carbocycles. The lowest BCUT2D eigenvalue weighted by atomic mass is 10.0. The van der Waals surface area contributed by atoms with Gasteiger partial charge in [0.1, 0.15) is 0 Å². The Morgan fingerprint density at radius 1 is 1.42 bits per heavy atom. The van der Waals surface area contributed by atoms with Crippen molar-refractivity contribution in [3.8, 4) is 0 Å². The third kappa shape index (κ3) is 2.76. The Balaban J connectivity index is 2.07. The first-order chi connectivity index (χ1) is 9.17. The van der Waals surface area contributed by atoms with Gasteiger partial charge in [-0.2, -0.15) is 5.10 Å². The number of H-pyrrole nitrogens is 1. The predicted octanol–water partition coefficient (Wildman–Crippen LogP) is 0.117. The zero-order valence-electron chi connectivity index (χ0n) is 11.1. The molecule has 0 unspecified atom stereocenters. The van der Waals surface area contributed by atoms with E-state index < -0.39 is 5.97 Å². The Hall–Kier alpha value is -1.89. The highest BCUT2D eigenvalue weighted by molar-refractivity contribution is 5.89. The van der Waals surface area contributed by atoms with E-state index in [0.29, 0.717) is 38.2 Å². The summed E-state index contributed by atoms with van der Waals surface area (Å²) in [4.78, 5) is 25.1. The average molecular weight is 267 g/mol. The van der Waals surface area contributed by atoms with E-state index in [2.05, 4.69) is 14.9 Å². The monoisotopic (exact) mass is 267 g/mol. The van der Waals surface area contributed by atoms with Crippen LogP contribution in [0, 0.1) is 0 Å². The average Bonchev–Trinajstić information content (AvgIpc) is 2.86. The molecule has 2 rings (SSSR count). The van der Waals surface area contributed by atoms with Gasteiger partial charge in [-0.25, -0.2) is 4.79 Å². The van der Waals surface area contributed by atoms with Gasteiger partial charge in [-0.3, -0.25) is 9.89 Å². The van der Waals surface area contributed by atoms with E-state index in [9.17, 15) is 9.59 Å². The predicted molar refractivity (Wildman–Crippen MR) is 65.5 cm³/mol. The van der Waals surface area contributed by atoms with Crippen LogP contribution in [-0.2, 0) is 27.2 Å². The molecule has 0 bridgehead atoms. The molecule has 0 fully saturated rings. The Morgan fingerprint density at radius 3 is 2.89 bits per heavy atom. The van der Waals surface area contributed by atoms with Gasteiger partial charge < -0.3 is 14.4 Å². The second-order valence-electron chi connectivity index (χ2n) is 4.33. The first-order valence-corrected chi connectivity index (χ1v) is 6.08. The summed E-state index contributed by atoms with van der Waals surface area (Å²) >= 11 is 0. The van der Waals surface area contributed by atoms with E-state index in [1.807, 2.05) is 0 Å². The lowest BCUT2D eigenvalue weighted by Crippen LogP contribution is -2.36. The first-order valence-electron chi connectivity index (χ1n) is 6.08. The van der Waals surface area contributed by atoms with Crippen LogP contribution in [0.4, 0.5) is 0 Å². The molecule has 0 atom stereocenters. The zero-order chi connectivity index (χ0) is 13.8. The van der Waals surface area contributed by atoms with Crippen molar-refractivity contribution >= 4 is 11.9 Å². The van der Waals surface area contributed by atoms with Gasteiger partial charge in [0.05, 0.1) is 32.4 Å². The Bertz CT molecular complexity index is 483. The van der Waals surface area contributed by atoms with Crippen LogP contribution in [0.25, 0.3) is 0 Å². The van der Waals surface area contributed by atoms with Gasteiger partial charge in [0, 0.05) is 19.2 Å². The number of carbonyl (C=O) groups is 2. The van der Waals surface area contributed by atoms with Crippen molar-refractivity contribution in [3.63, 3.8) is 0 Å². The minimum absolute atomic E-state index is 0.0433. The third-order valence-electron chi connectivity index (χ3n) is 3.18. The van der Waals surface area contributed by atoms with Gasteiger partial charge in [0.15, 0.2) is 5.69 Å². The molecule has 0 aliphatic carbocycles. The summed E-state index contributed by atoms with van der Waals surface area (Å²) < 4.78 is 9.56. The van der Waals surface area contributed by atoms with Gasteiger partial charge in [-0.15, -0.1) is 0 Å². The molecule has 1 aliphatic heterocycles. The van der Waals surface area contributed by atoms with Crippen LogP contribution >= 0.6 is 0 Å². The SMILES string of the molecule is COCCC(=O)N1CCc2c(C(=O)OC)n[nH]c2C1. The van der Waals surface area contributed by atoms with E-state index in [0.717, 1.165) is 11.3 Å². The maximum Gasteiger partial charge on any atom is 0.358 e. The molecule has 19 heavy (non-hydrogen) atoms. The Kier molecular flexibility index (Phi) is 4.16. The van der Waals surface area contributed by atoms with E-state index >= 15 is 0 Å². The van der Waals surface area contributed by atoms with E-state index in [-0.39, 0.29) is 5.91 Å². The van der Waals surface area contributed by atoms with Crippen LogP contribution in [0.15, 0.2) is 0 Å². The van der Waals surface area contributed by atoms with Gasteiger partial charge in [0.2, 0.25) is 5.91 Å². The van der Waals surface area contributed by atoms with Gasteiger partial charge in [-0.05, 0) is 6.42 Å². The first kappa shape index (κ1) is 13.5. The molecule has 1 aromatic rings. The van der Waals surface area contributed by atoms with E-state index in [1.54, 1.807) is 12.0 Å². The standard InChI is InChI=1S/C12H17N3O4/c1-18-6-4-10(16)15-5-3-8-9(7-15)13-14-11(8)12(17)19-2/h3-7H2,1-2H3,(H,13,14). The summed E-state index contributed by atoms with van der Waals surface area (Å²) in [6, 6.07) is 0. The lowest BCUT2D eigenvalue weighted by Gasteiger charge is -2.26. The van der Waals surface area contributed by atoms with E-state index in [1.165, 1.54) is 7.11 Å². The van der Waals surface area contributed by atoms with Crippen molar-refractivity contribution in [3.05, 3.63) is 17.0 Å². The summed E-state index contributed by atoms with van der Waals surface area (Å²) in [5.41, 5.74) is 1.97. The summed E-state index contributed by atoms with van der Waals surface area (Å²) in [7, 11) is 2.89.